The van der Waals surface area contributed by atoms with Gasteiger partial charge in [0, 0.05) is 17.1 Å². The van der Waals surface area contributed by atoms with Gasteiger partial charge in [0.15, 0.2) is 11.5 Å². The largest absolute Gasteiger partial charge is 0.504 e. The molecule has 0 saturated carbocycles. The second-order valence-electron chi connectivity index (χ2n) is 4.97. The zero-order valence-electron chi connectivity index (χ0n) is 11.9. The van der Waals surface area contributed by atoms with E-state index in [1.54, 1.807) is 19.4 Å². The van der Waals surface area contributed by atoms with Crippen LogP contribution in [-0.2, 0) is 0 Å². The average molecular weight is 283 g/mol. The number of phenols is 1. The summed E-state index contributed by atoms with van der Waals surface area (Å²) in [6.07, 6.45) is 1.80. The molecule has 1 unspecified atom stereocenters. The molecule has 0 spiro atoms. The van der Waals surface area contributed by atoms with Crippen molar-refractivity contribution in [2.24, 2.45) is 0 Å². The number of methoxy groups -OCH3 is 1. The third-order valence-corrected chi connectivity index (χ3v) is 3.53. The van der Waals surface area contributed by atoms with Crippen LogP contribution in [0.4, 0.5) is 5.69 Å². The molecule has 0 amide bonds. The Kier molecular flexibility index (Phi) is 3.39. The standard InChI is InChI=1S/C16H17N3O2/c1-10(11-4-6-15(20)16(7-11)21-2)18-13-5-3-12-9-17-19-14(12)8-13/h3-10,18,20H,1-2H3,(H,17,19). The van der Waals surface area contributed by atoms with Crippen molar-refractivity contribution in [2.75, 3.05) is 12.4 Å². The van der Waals surface area contributed by atoms with Crippen LogP contribution in [-0.4, -0.2) is 22.4 Å². The van der Waals surface area contributed by atoms with Gasteiger partial charge in [-0.1, -0.05) is 6.07 Å². The van der Waals surface area contributed by atoms with Crippen LogP contribution in [0.2, 0.25) is 0 Å². The number of benzene rings is 2. The summed E-state index contributed by atoms with van der Waals surface area (Å²) in [5, 5.41) is 21.1. The second-order valence-corrected chi connectivity index (χ2v) is 4.97. The van der Waals surface area contributed by atoms with E-state index in [2.05, 4.69) is 22.4 Å². The highest BCUT2D eigenvalue weighted by molar-refractivity contribution is 5.81. The molecule has 0 aliphatic rings. The number of aromatic hydroxyl groups is 1. The minimum Gasteiger partial charge on any atom is -0.504 e. The molecule has 3 rings (SSSR count). The molecule has 108 valence electrons. The Balaban J connectivity index is 1.83. The van der Waals surface area contributed by atoms with E-state index in [1.807, 2.05) is 30.3 Å². The first-order valence-corrected chi connectivity index (χ1v) is 6.74. The smallest absolute Gasteiger partial charge is 0.160 e. The van der Waals surface area contributed by atoms with Crippen molar-refractivity contribution in [3.05, 3.63) is 48.2 Å². The van der Waals surface area contributed by atoms with Gasteiger partial charge < -0.3 is 15.2 Å². The molecular weight excluding hydrogens is 266 g/mol. The average Bonchev–Trinajstić information content (AvgIpc) is 2.95. The summed E-state index contributed by atoms with van der Waals surface area (Å²) in [5.74, 6) is 0.623. The fourth-order valence-electron chi connectivity index (χ4n) is 2.32. The SMILES string of the molecule is COc1cc(C(C)Nc2ccc3cn[nH]c3c2)ccc1O. The van der Waals surface area contributed by atoms with Gasteiger partial charge in [0.25, 0.3) is 0 Å². The molecule has 3 N–H and O–H groups in total. The van der Waals surface area contributed by atoms with Crippen molar-refractivity contribution in [3.63, 3.8) is 0 Å². The second kappa shape index (κ2) is 5.36. The molecule has 1 atom stereocenters. The molecule has 1 heterocycles. The zero-order valence-corrected chi connectivity index (χ0v) is 11.9. The van der Waals surface area contributed by atoms with Crippen molar-refractivity contribution in [1.29, 1.82) is 0 Å². The number of rotatable bonds is 4. The molecule has 0 radical (unpaired) electrons. The van der Waals surface area contributed by atoms with Gasteiger partial charge in [-0.05, 0) is 42.8 Å². The van der Waals surface area contributed by atoms with Gasteiger partial charge in [-0.3, -0.25) is 5.10 Å². The number of nitrogens with one attached hydrogen (secondary N) is 2. The fraction of sp³-hybridized carbons (Fsp3) is 0.188. The first-order chi connectivity index (χ1) is 10.2. The molecule has 21 heavy (non-hydrogen) atoms. The van der Waals surface area contributed by atoms with Gasteiger partial charge in [-0.2, -0.15) is 5.10 Å². The Bertz CT molecular complexity index is 767. The number of H-pyrrole nitrogens is 1. The molecule has 5 heteroatoms. The van der Waals surface area contributed by atoms with E-state index in [0.29, 0.717) is 5.75 Å². The van der Waals surface area contributed by atoms with E-state index < -0.39 is 0 Å². The monoisotopic (exact) mass is 283 g/mol. The zero-order chi connectivity index (χ0) is 14.8. The van der Waals surface area contributed by atoms with Gasteiger partial charge in [0.05, 0.1) is 18.8 Å². The summed E-state index contributed by atoms with van der Waals surface area (Å²) < 4.78 is 5.14. The summed E-state index contributed by atoms with van der Waals surface area (Å²) in [4.78, 5) is 0. The van der Waals surface area contributed by atoms with Crippen LogP contribution in [0, 0.1) is 0 Å². The number of anilines is 1. The maximum Gasteiger partial charge on any atom is 0.160 e. The van der Waals surface area contributed by atoms with E-state index >= 15 is 0 Å². The van der Waals surface area contributed by atoms with Crippen LogP contribution in [0.3, 0.4) is 0 Å². The van der Waals surface area contributed by atoms with E-state index in [4.69, 9.17) is 4.74 Å². The normalized spacial score (nSPS) is 12.3. The molecule has 0 aliphatic carbocycles. The van der Waals surface area contributed by atoms with Gasteiger partial charge in [-0.25, -0.2) is 0 Å². The van der Waals surface area contributed by atoms with E-state index in [0.717, 1.165) is 22.2 Å². The maximum absolute atomic E-state index is 9.64. The lowest BCUT2D eigenvalue weighted by Gasteiger charge is -2.17. The number of hydrogen-bond donors (Lipinski definition) is 3. The summed E-state index contributed by atoms with van der Waals surface area (Å²) >= 11 is 0. The quantitative estimate of drug-likeness (QED) is 0.686. The Morgan fingerprint density at radius 3 is 2.90 bits per heavy atom. The molecule has 0 saturated heterocycles. The first kappa shape index (κ1) is 13.3. The number of nitrogens with zero attached hydrogens (tertiary/aromatic N) is 1. The van der Waals surface area contributed by atoms with Crippen LogP contribution in [0.5, 0.6) is 11.5 Å². The van der Waals surface area contributed by atoms with Crippen molar-refractivity contribution < 1.29 is 9.84 Å². The molecule has 1 aromatic heterocycles. The van der Waals surface area contributed by atoms with Crippen molar-refractivity contribution >= 4 is 16.6 Å². The minimum atomic E-state index is 0.0832. The van der Waals surface area contributed by atoms with Crippen molar-refractivity contribution in [2.45, 2.75) is 13.0 Å². The van der Waals surface area contributed by atoms with E-state index in [1.165, 1.54) is 0 Å². The predicted molar refractivity (Wildman–Crippen MR) is 82.8 cm³/mol. The van der Waals surface area contributed by atoms with Crippen molar-refractivity contribution in [1.82, 2.24) is 10.2 Å². The van der Waals surface area contributed by atoms with Crippen LogP contribution in [0.1, 0.15) is 18.5 Å². The molecular formula is C16H17N3O2. The predicted octanol–water partition coefficient (Wildman–Crippen LogP) is 3.45. The maximum atomic E-state index is 9.64. The topological polar surface area (TPSA) is 70.2 Å². The molecule has 2 aromatic carbocycles. The van der Waals surface area contributed by atoms with Crippen LogP contribution in [0.25, 0.3) is 10.9 Å². The minimum absolute atomic E-state index is 0.0832. The third kappa shape index (κ3) is 2.63. The van der Waals surface area contributed by atoms with E-state index in [-0.39, 0.29) is 11.8 Å². The Hall–Kier alpha value is -2.69. The highest BCUT2D eigenvalue weighted by atomic mass is 16.5. The summed E-state index contributed by atoms with van der Waals surface area (Å²) in [5.41, 5.74) is 3.04. The number of fused-ring (bicyclic) bond motifs is 1. The molecule has 0 bridgehead atoms. The molecule has 0 fully saturated rings. The molecule has 0 aliphatic heterocycles. The number of ether oxygens (including phenoxy) is 1. The Morgan fingerprint density at radius 1 is 1.24 bits per heavy atom. The number of aromatic nitrogens is 2. The highest BCUT2D eigenvalue weighted by Crippen LogP contribution is 2.30. The molecule has 5 nitrogen and oxygen atoms in total. The van der Waals surface area contributed by atoms with Gasteiger partial charge in [0.1, 0.15) is 0 Å². The fourth-order valence-corrected chi connectivity index (χ4v) is 2.32. The van der Waals surface area contributed by atoms with Gasteiger partial charge in [0.2, 0.25) is 0 Å². The molecule has 3 aromatic rings. The van der Waals surface area contributed by atoms with Crippen LogP contribution in [0.15, 0.2) is 42.6 Å². The lowest BCUT2D eigenvalue weighted by Crippen LogP contribution is -2.06. The van der Waals surface area contributed by atoms with Crippen LogP contribution >= 0.6 is 0 Å². The van der Waals surface area contributed by atoms with Crippen molar-refractivity contribution in [3.8, 4) is 11.5 Å². The lowest BCUT2D eigenvalue weighted by atomic mass is 10.1. The van der Waals surface area contributed by atoms with Crippen LogP contribution < -0.4 is 10.1 Å². The lowest BCUT2D eigenvalue weighted by molar-refractivity contribution is 0.373. The number of hydrogen-bond acceptors (Lipinski definition) is 4. The third-order valence-electron chi connectivity index (χ3n) is 3.53. The Labute approximate surface area is 122 Å². The number of phenolic OH excluding ortho intramolecular Hbond substituents is 1. The van der Waals surface area contributed by atoms with Gasteiger partial charge in [-0.15, -0.1) is 0 Å². The van der Waals surface area contributed by atoms with Gasteiger partial charge >= 0.3 is 0 Å². The highest BCUT2D eigenvalue weighted by Gasteiger charge is 2.09. The Morgan fingerprint density at radius 2 is 2.10 bits per heavy atom. The summed E-state index contributed by atoms with van der Waals surface area (Å²) in [6, 6.07) is 11.5. The first-order valence-electron chi connectivity index (χ1n) is 6.74. The van der Waals surface area contributed by atoms with E-state index in [9.17, 15) is 5.11 Å². The number of aromatic amines is 1. The summed E-state index contributed by atoms with van der Waals surface area (Å²) in [7, 11) is 1.54. The summed E-state index contributed by atoms with van der Waals surface area (Å²) in [6.45, 7) is 2.06.